The summed E-state index contributed by atoms with van der Waals surface area (Å²) in [5, 5.41) is 2.93. The maximum Gasteiger partial charge on any atom is 0.244 e. The summed E-state index contributed by atoms with van der Waals surface area (Å²) in [5.41, 5.74) is 2.22. The number of hydrogen-bond acceptors (Lipinski definition) is 4. The number of ether oxygens (including phenoxy) is 2. The van der Waals surface area contributed by atoms with Crippen molar-refractivity contribution in [3.63, 3.8) is 0 Å². The van der Waals surface area contributed by atoms with Crippen LogP contribution in [0.2, 0.25) is 0 Å². The van der Waals surface area contributed by atoms with E-state index in [0.29, 0.717) is 17.2 Å². The Balaban J connectivity index is 2.24. The molecule has 0 saturated carbocycles. The second-order valence-corrected chi connectivity index (χ2v) is 7.49. The molecule has 0 unspecified atom stereocenters. The predicted molar refractivity (Wildman–Crippen MR) is 111 cm³/mol. The molecule has 6 heteroatoms. The first-order valence-electron chi connectivity index (χ1n) is 9.07. The predicted octanol–water partition coefficient (Wildman–Crippen LogP) is 3.99. The van der Waals surface area contributed by atoms with Crippen molar-refractivity contribution >= 4 is 23.2 Å². The lowest BCUT2D eigenvalue weighted by molar-refractivity contribution is -0.120. The van der Waals surface area contributed by atoms with E-state index in [0.717, 1.165) is 11.3 Å². The minimum atomic E-state index is -0.276. The van der Waals surface area contributed by atoms with Crippen LogP contribution in [0.15, 0.2) is 42.5 Å². The highest BCUT2D eigenvalue weighted by Gasteiger charge is 2.21. The average molecular weight is 384 g/mol. The van der Waals surface area contributed by atoms with Gasteiger partial charge in [-0.05, 0) is 29.2 Å². The topological polar surface area (TPSA) is 67.9 Å². The highest BCUT2D eigenvalue weighted by molar-refractivity contribution is 6.02. The molecule has 0 fully saturated rings. The Kier molecular flexibility index (Phi) is 6.67. The number of nitrogens with zero attached hydrogens (tertiary/aromatic N) is 1. The zero-order chi connectivity index (χ0) is 20.9. The Morgan fingerprint density at radius 2 is 1.64 bits per heavy atom. The van der Waals surface area contributed by atoms with Crippen LogP contribution in [-0.4, -0.2) is 32.6 Å². The van der Waals surface area contributed by atoms with Crippen LogP contribution in [0.3, 0.4) is 0 Å². The molecule has 2 amide bonds. The number of nitrogens with one attached hydrogen (secondary N) is 1. The SMILES string of the molecule is COc1ccc(N(CC(=O)Nc2ccccc2C(C)(C)C)C(C)=O)cc1OC. The van der Waals surface area contributed by atoms with E-state index >= 15 is 0 Å². The zero-order valence-electron chi connectivity index (χ0n) is 17.3. The summed E-state index contributed by atoms with van der Waals surface area (Å²) in [6.45, 7) is 7.58. The molecule has 2 aromatic carbocycles. The maximum atomic E-state index is 12.7. The third-order valence-corrected chi connectivity index (χ3v) is 4.37. The van der Waals surface area contributed by atoms with Crippen LogP contribution in [-0.2, 0) is 15.0 Å². The average Bonchev–Trinajstić information content (AvgIpc) is 2.65. The fourth-order valence-electron chi connectivity index (χ4n) is 2.96. The molecular weight excluding hydrogens is 356 g/mol. The van der Waals surface area contributed by atoms with Crippen molar-refractivity contribution in [2.24, 2.45) is 0 Å². The van der Waals surface area contributed by atoms with Gasteiger partial charge in [0.15, 0.2) is 11.5 Å². The van der Waals surface area contributed by atoms with Crippen molar-refractivity contribution in [3.8, 4) is 11.5 Å². The van der Waals surface area contributed by atoms with Crippen LogP contribution in [0.25, 0.3) is 0 Å². The molecule has 0 heterocycles. The summed E-state index contributed by atoms with van der Waals surface area (Å²) in [6.07, 6.45) is 0. The summed E-state index contributed by atoms with van der Waals surface area (Å²) < 4.78 is 10.5. The second-order valence-electron chi connectivity index (χ2n) is 7.49. The fraction of sp³-hybridized carbons (Fsp3) is 0.364. The van der Waals surface area contributed by atoms with Gasteiger partial charge >= 0.3 is 0 Å². The van der Waals surface area contributed by atoms with Crippen molar-refractivity contribution < 1.29 is 19.1 Å². The van der Waals surface area contributed by atoms with E-state index in [1.807, 2.05) is 24.3 Å². The van der Waals surface area contributed by atoms with Gasteiger partial charge in [0.2, 0.25) is 11.8 Å². The molecule has 0 atom stereocenters. The molecule has 0 aliphatic carbocycles. The molecule has 0 radical (unpaired) electrons. The number of benzene rings is 2. The first kappa shape index (κ1) is 21.3. The van der Waals surface area contributed by atoms with Gasteiger partial charge in [-0.2, -0.15) is 0 Å². The minimum absolute atomic E-state index is 0.108. The normalized spacial score (nSPS) is 10.9. The van der Waals surface area contributed by atoms with E-state index in [1.54, 1.807) is 25.3 Å². The Bertz CT molecular complexity index is 856. The molecular formula is C22H28N2O4. The smallest absolute Gasteiger partial charge is 0.244 e. The Morgan fingerprint density at radius 3 is 2.21 bits per heavy atom. The monoisotopic (exact) mass is 384 g/mol. The number of methoxy groups -OCH3 is 2. The van der Waals surface area contributed by atoms with Gasteiger partial charge in [-0.3, -0.25) is 9.59 Å². The van der Waals surface area contributed by atoms with Gasteiger partial charge in [0.05, 0.1) is 14.2 Å². The third kappa shape index (κ3) is 5.03. The van der Waals surface area contributed by atoms with Crippen LogP contribution in [0.5, 0.6) is 11.5 Å². The van der Waals surface area contributed by atoms with Gasteiger partial charge in [-0.1, -0.05) is 39.0 Å². The second kappa shape index (κ2) is 8.78. The molecule has 150 valence electrons. The molecule has 0 spiro atoms. The van der Waals surface area contributed by atoms with E-state index in [1.165, 1.54) is 18.9 Å². The molecule has 0 saturated heterocycles. The minimum Gasteiger partial charge on any atom is -0.493 e. The van der Waals surface area contributed by atoms with Gasteiger partial charge in [0, 0.05) is 24.4 Å². The van der Waals surface area contributed by atoms with Gasteiger partial charge < -0.3 is 19.7 Å². The highest BCUT2D eigenvalue weighted by Crippen LogP contribution is 2.32. The Labute approximate surface area is 166 Å². The molecule has 1 N–H and O–H groups in total. The Hall–Kier alpha value is -3.02. The van der Waals surface area contributed by atoms with E-state index in [2.05, 4.69) is 26.1 Å². The molecule has 0 bridgehead atoms. The maximum absolute atomic E-state index is 12.7. The first-order chi connectivity index (χ1) is 13.2. The molecule has 2 rings (SSSR count). The van der Waals surface area contributed by atoms with Gasteiger partial charge in [-0.25, -0.2) is 0 Å². The van der Waals surface area contributed by atoms with Gasteiger partial charge in [0.1, 0.15) is 6.54 Å². The summed E-state index contributed by atoms with van der Waals surface area (Å²) in [5.74, 6) is 0.524. The lowest BCUT2D eigenvalue weighted by Crippen LogP contribution is -2.37. The highest BCUT2D eigenvalue weighted by atomic mass is 16.5. The molecule has 6 nitrogen and oxygen atoms in total. The molecule has 0 aliphatic heterocycles. The van der Waals surface area contributed by atoms with E-state index in [9.17, 15) is 9.59 Å². The van der Waals surface area contributed by atoms with Crippen LogP contribution in [0.4, 0.5) is 11.4 Å². The van der Waals surface area contributed by atoms with E-state index in [4.69, 9.17) is 9.47 Å². The first-order valence-corrected chi connectivity index (χ1v) is 9.07. The summed E-state index contributed by atoms with van der Waals surface area (Å²) in [6, 6.07) is 12.8. The summed E-state index contributed by atoms with van der Waals surface area (Å²) in [4.78, 5) is 26.3. The number of carbonyl (C=O) groups excluding carboxylic acids is 2. The largest absolute Gasteiger partial charge is 0.493 e. The molecule has 28 heavy (non-hydrogen) atoms. The van der Waals surface area contributed by atoms with Crippen molar-refractivity contribution in [2.75, 3.05) is 31.0 Å². The molecule has 2 aromatic rings. The summed E-state index contributed by atoms with van der Waals surface area (Å²) >= 11 is 0. The lowest BCUT2D eigenvalue weighted by atomic mass is 9.86. The number of rotatable bonds is 6. The van der Waals surface area contributed by atoms with Crippen molar-refractivity contribution in [3.05, 3.63) is 48.0 Å². The molecule has 0 aliphatic rings. The Morgan fingerprint density at radius 1 is 1.00 bits per heavy atom. The quantitative estimate of drug-likeness (QED) is 0.818. The molecule has 0 aromatic heterocycles. The summed E-state index contributed by atoms with van der Waals surface area (Å²) in [7, 11) is 3.07. The third-order valence-electron chi connectivity index (χ3n) is 4.37. The standard InChI is InChI=1S/C22H28N2O4/c1-15(25)24(16-11-12-19(27-5)20(13-16)28-6)14-21(26)23-18-10-8-7-9-17(18)22(2,3)4/h7-13H,14H2,1-6H3,(H,23,26). The van der Waals surface area contributed by atoms with Crippen LogP contribution >= 0.6 is 0 Å². The number of anilines is 2. The van der Waals surface area contributed by atoms with E-state index < -0.39 is 0 Å². The fourth-order valence-corrected chi connectivity index (χ4v) is 2.96. The van der Waals surface area contributed by atoms with Crippen molar-refractivity contribution in [2.45, 2.75) is 33.1 Å². The number of para-hydroxylation sites is 1. The van der Waals surface area contributed by atoms with Gasteiger partial charge in [0.25, 0.3) is 0 Å². The van der Waals surface area contributed by atoms with Crippen LogP contribution < -0.4 is 19.7 Å². The van der Waals surface area contributed by atoms with E-state index in [-0.39, 0.29) is 23.8 Å². The van der Waals surface area contributed by atoms with Crippen molar-refractivity contribution in [1.82, 2.24) is 0 Å². The zero-order valence-corrected chi connectivity index (χ0v) is 17.3. The van der Waals surface area contributed by atoms with Crippen LogP contribution in [0, 0.1) is 0 Å². The number of hydrogen-bond donors (Lipinski definition) is 1. The lowest BCUT2D eigenvalue weighted by Gasteiger charge is -2.25. The number of amides is 2. The van der Waals surface area contributed by atoms with Crippen LogP contribution in [0.1, 0.15) is 33.3 Å². The van der Waals surface area contributed by atoms with Gasteiger partial charge in [-0.15, -0.1) is 0 Å². The van der Waals surface area contributed by atoms with Crippen molar-refractivity contribution in [1.29, 1.82) is 0 Å². The number of carbonyl (C=O) groups is 2.